The highest BCUT2D eigenvalue weighted by Crippen LogP contribution is 2.12. The van der Waals surface area contributed by atoms with Gasteiger partial charge in [0.25, 0.3) is 0 Å². The van der Waals surface area contributed by atoms with Crippen molar-refractivity contribution in [3.05, 3.63) is 23.7 Å². The van der Waals surface area contributed by atoms with Crippen LogP contribution in [0.1, 0.15) is 25.4 Å². The smallest absolute Gasteiger partial charge is 0.233 e. The first kappa shape index (κ1) is 15.1. The molecule has 0 aromatic carbocycles. The third-order valence-electron chi connectivity index (χ3n) is 2.30. The molecule has 0 aliphatic rings. The zero-order valence-corrected chi connectivity index (χ0v) is 12.1. The lowest BCUT2D eigenvalue weighted by Gasteiger charge is -2.07. The van der Waals surface area contributed by atoms with Crippen LogP contribution in [0.2, 0.25) is 0 Å². The van der Waals surface area contributed by atoms with E-state index >= 15 is 0 Å². The van der Waals surface area contributed by atoms with E-state index in [0.717, 1.165) is 23.8 Å². The summed E-state index contributed by atoms with van der Waals surface area (Å²) in [5, 5.41) is 5.93. The first-order valence-electron chi connectivity index (χ1n) is 6.15. The molecule has 4 nitrogen and oxygen atoms in total. The number of furan rings is 1. The Morgan fingerprint density at radius 1 is 1.39 bits per heavy atom. The Morgan fingerprint density at radius 2 is 2.11 bits per heavy atom. The molecule has 0 saturated carbocycles. The topological polar surface area (TPSA) is 54.3 Å². The number of rotatable bonds is 8. The van der Waals surface area contributed by atoms with E-state index in [1.807, 2.05) is 18.4 Å². The molecule has 1 aromatic heterocycles. The van der Waals surface area contributed by atoms with E-state index in [1.165, 1.54) is 0 Å². The number of nitrogens with one attached hydrogen (secondary N) is 2. The molecule has 1 heterocycles. The molecule has 0 radical (unpaired) electrons. The quantitative estimate of drug-likeness (QED) is 0.758. The van der Waals surface area contributed by atoms with Crippen LogP contribution in [0, 0.1) is 5.92 Å². The lowest BCUT2D eigenvalue weighted by molar-refractivity contribution is -0.120. The van der Waals surface area contributed by atoms with Gasteiger partial charge in [0.15, 0.2) is 0 Å². The normalized spacial score (nSPS) is 10.9. The van der Waals surface area contributed by atoms with Gasteiger partial charge in [0, 0.05) is 6.54 Å². The third-order valence-corrected chi connectivity index (χ3v) is 2.87. The van der Waals surface area contributed by atoms with Crippen molar-refractivity contribution in [1.82, 2.24) is 10.6 Å². The minimum Gasteiger partial charge on any atom is -0.464 e. The van der Waals surface area contributed by atoms with E-state index in [2.05, 4.69) is 24.5 Å². The molecule has 0 fully saturated rings. The van der Waals surface area contributed by atoms with Crippen molar-refractivity contribution < 1.29 is 9.21 Å². The molecule has 1 amide bonds. The van der Waals surface area contributed by atoms with Crippen LogP contribution in [0.15, 0.2) is 16.5 Å². The largest absolute Gasteiger partial charge is 0.464 e. The zero-order valence-electron chi connectivity index (χ0n) is 11.3. The van der Waals surface area contributed by atoms with Gasteiger partial charge >= 0.3 is 0 Å². The van der Waals surface area contributed by atoms with Gasteiger partial charge in [-0.15, -0.1) is 0 Å². The summed E-state index contributed by atoms with van der Waals surface area (Å²) in [6.45, 7) is 5.78. The molecule has 1 aromatic rings. The van der Waals surface area contributed by atoms with Gasteiger partial charge in [-0.3, -0.25) is 4.79 Å². The standard InChI is InChI=1S/C13H22N2O2S/c1-10(2)6-15-13(16)8-14-7-11-4-5-12(17-11)9-18-3/h4-5,10,14H,6-9H2,1-3H3,(H,15,16). The monoisotopic (exact) mass is 270 g/mol. The molecule has 1 rings (SSSR count). The Kier molecular flexibility index (Phi) is 6.90. The van der Waals surface area contributed by atoms with Crippen LogP contribution in [0.3, 0.4) is 0 Å². The van der Waals surface area contributed by atoms with Gasteiger partial charge in [0.1, 0.15) is 11.5 Å². The summed E-state index contributed by atoms with van der Waals surface area (Å²) >= 11 is 1.73. The fourth-order valence-corrected chi connectivity index (χ4v) is 1.86. The number of carbonyl (C=O) groups excluding carboxylic acids is 1. The van der Waals surface area contributed by atoms with Crippen molar-refractivity contribution in [3.63, 3.8) is 0 Å². The van der Waals surface area contributed by atoms with Gasteiger partial charge in [-0.25, -0.2) is 0 Å². The summed E-state index contributed by atoms with van der Waals surface area (Å²) in [4.78, 5) is 11.4. The van der Waals surface area contributed by atoms with Crippen molar-refractivity contribution in [3.8, 4) is 0 Å². The lowest BCUT2D eigenvalue weighted by atomic mass is 10.2. The van der Waals surface area contributed by atoms with Gasteiger partial charge in [0.2, 0.25) is 5.91 Å². The average molecular weight is 270 g/mol. The minimum absolute atomic E-state index is 0.0274. The highest BCUT2D eigenvalue weighted by molar-refractivity contribution is 7.97. The Morgan fingerprint density at radius 3 is 2.78 bits per heavy atom. The van der Waals surface area contributed by atoms with Gasteiger partial charge < -0.3 is 15.1 Å². The Labute approximate surface area is 113 Å². The molecule has 102 valence electrons. The van der Waals surface area contributed by atoms with Crippen molar-refractivity contribution in [2.45, 2.75) is 26.1 Å². The molecule has 0 saturated heterocycles. The molecular weight excluding hydrogens is 248 g/mol. The summed E-state index contributed by atoms with van der Waals surface area (Å²) in [7, 11) is 0. The van der Waals surface area contributed by atoms with Crippen LogP contribution >= 0.6 is 11.8 Å². The van der Waals surface area contributed by atoms with Crippen LogP contribution in [-0.2, 0) is 17.1 Å². The van der Waals surface area contributed by atoms with Gasteiger partial charge in [-0.2, -0.15) is 11.8 Å². The maximum atomic E-state index is 11.4. The van der Waals surface area contributed by atoms with Crippen LogP contribution < -0.4 is 10.6 Å². The van der Waals surface area contributed by atoms with Crippen molar-refractivity contribution in [2.24, 2.45) is 5.92 Å². The number of hydrogen-bond donors (Lipinski definition) is 2. The maximum absolute atomic E-state index is 11.4. The lowest BCUT2D eigenvalue weighted by Crippen LogP contribution is -2.35. The van der Waals surface area contributed by atoms with Gasteiger partial charge in [-0.05, 0) is 24.3 Å². The Hall–Kier alpha value is -0.940. The fraction of sp³-hybridized carbons (Fsp3) is 0.615. The van der Waals surface area contributed by atoms with E-state index in [-0.39, 0.29) is 5.91 Å². The second-order valence-electron chi connectivity index (χ2n) is 4.60. The maximum Gasteiger partial charge on any atom is 0.233 e. The Bertz CT molecular complexity index is 364. The summed E-state index contributed by atoms with van der Waals surface area (Å²) in [6, 6.07) is 3.93. The van der Waals surface area contributed by atoms with Crippen molar-refractivity contribution in [2.75, 3.05) is 19.3 Å². The first-order valence-corrected chi connectivity index (χ1v) is 7.55. The van der Waals surface area contributed by atoms with E-state index in [0.29, 0.717) is 19.0 Å². The van der Waals surface area contributed by atoms with Crippen molar-refractivity contribution >= 4 is 17.7 Å². The number of hydrogen-bond acceptors (Lipinski definition) is 4. The predicted molar refractivity (Wildman–Crippen MR) is 75.5 cm³/mol. The predicted octanol–water partition coefficient (Wildman–Crippen LogP) is 2.00. The number of carbonyl (C=O) groups is 1. The van der Waals surface area contributed by atoms with E-state index < -0.39 is 0 Å². The van der Waals surface area contributed by atoms with Crippen molar-refractivity contribution in [1.29, 1.82) is 0 Å². The summed E-state index contributed by atoms with van der Waals surface area (Å²) < 4.78 is 5.59. The molecular formula is C13H22N2O2S. The third kappa shape index (κ3) is 6.12. The summed E-state index contributed by atoms with van der Waals surface area (Å²) in [6.07, 6.45) is 2.04. The molecule has 0 bridgehead atoms. The second kappa shape index (κ2) is 8.21. The van der Waals surface area contributed by atoms with E-state index in [1.54, 1.807) is 11.8 Å². The van der Waals surface area contributed by atoms with Crippen LogP contribution in [0.4, 0.5) is 0 Å². The SMILES string of the molecule is CSCc1ccc(CNCC(=O)NCC(C)C)o1. The van der Waals surface area contributed by atoms with Crippen LogP contribution in [-0.4, -0.2) is 25.3 Å². The highest BCUT2D eigenvalue weighted by Gasteiger charge is 2.04. The molecule has 5 heteroatoms. The van der Waals surface area contributed by atoms with Crippen LogP contribution in [0.5, 0.6) is 0 Å². The molecule has 0 spiro atoms. The highest BCUT2D eigenvalue weighted by atomic mass is 32.2. The average Bonchev–Trinajstić information content (AvgIpc) is 2.75. The van der Waals surface area contributed by atoms with E-state index in [4.69, 9.17) is 4.42 Å². The fourth-order valence-electron chi connectivity index (χ4n) is 1.42. The molecule has 0 atom stereocenters. The van der Waals surface area contributed by atoms with Crippen LogP contribution in [0.25, 0.3) is 0 Å². The summed E-state index contributed by atoms with van der Waals surface area (Å²) in [5.74, 6) is 3.24. The molecule has 18 heavy (non-hydrogen) atoms. The minimum atomic E-state index is 0.0274. The van der Waals surface area contributed by atoms with Gasteiger partial charge in [0.05, 0.1) is 18.8 Å². The second-order valence-corrected chi connectivity index (χ2v) is 5.47. The first-order chi connectivity index (χ1) is 8.61. The molecule has 0 unspecified atom stereocenters. The number of thioether (sulfide) groups is 1. The van der Waals surface area contributed by atoms with Gasteiger partial charge in [-0.1, -0.05) is 13.8 Å². The molecule has 0 aliphatic heterocycles. The summed E-state index contributed by atoms with van der Waals surface area (Å²) in [5.41, 5.74) is 0. The number of amides is 1. The zero-order chi connectivity index (χ0) is 13.4. The molecule has 0 aliphatic carbocycles. The van der Waals surface area contributed by atoms with E-state index in [9.17, 15) is 4.79 Å². The molecule has 2 N–H and O–H groups in total. The Balaban J connectivity index is 2.18.